The summed E-state index contributed by atoms with van der Waals surface area (Å²) in [5, 5.41) is 6.48. The number of anilines is 1. The Hall–Kier alpha value is -2.05. The van der Waals surface area contributed by atoms with Gasteiger partial charge in [-0.05, 0) is 25.5 Å². The maximum atomic E-state index is 12.2. The van der Waals surface area contributed by atoms with Crippen LogP contribution < -0.4 is 5.32 Å². The third kappa shape index (κ3) is 4.24. The zero-order valence-corrected chi connectivity index (χ0v) is 13.9. The number of carbonyl (C=O) groups excluding carboxylic acids is 2. The molecule has 1 amide bonds. The molecule has 23 heavy (non-hydrogen) atoms. The molecule has 0 aliphatic carbocycles. The Morgan fingerprint density at radius 2 is 2.13 bits per heavy atom. The van der Waals surface area contributed by atoms with E-state index in [-0.39, 0.29) is 27.8 Å². The standard InChI is InChI=1S/C15H14Cl2N2O4/c1-3-11(14(20)18-12-7-8(2)23-19-12)22-15(21)9-5-4-6-10(16)13(9)17/h4-7,11H,3H2,1-2H3,(H,18,19,20). The smallest absolute Gasteiger partial charge is 0.340 e. The minimum atomic E-state index is -0.991. The topological polar surface area (TPSA) is 81.4 Å². The van der Waals surface area contributed by atoms with Crippen molar-refractivity contribution in [3.63, 3.8) is 0 Å². The number of carbonyl (C=O) groups is 2. The van der Waals surface area contributed by atoms with E-state index in [9.17, 15) is 9.59 Å². The van der Waals surface area contributed by atoms with Gasteiger partial charge in [0, 0.05) is 6.07 Å². The summed E-state index contributed by atoms with van der Waals surface area (Å²) in [4.78, 5) is 24.3. The number of rotatable bonds is 5. The number of nitrogens with one attached hydrogen (secondary N) is 1. The van der Waals surface area contributed by atoms with Crippen molar-refractivity contribution in [3.05, 3.63) is 45.6 Å². The van der Waals surface area contributed by atoms with Gasteiger partial charge in [-0.25, -0.2) is 4.79 Å². The first-order chi connectivity index (χ1) is 10.9. The van der Waals surface area contributed by atoms with Crippen LogP contribution in [-0.4, -0.2) is 23.1 Å². The van der Waals surface area contributed by atoms with Crippen LogP contribution in [0.4, 0.5) is 5.82 Å². The SMILES string of the molecule is CCC(OC(=O)c1cccc(Cl)c1Cl)C(=O)Nc1cc(C)on1. The minimum Gasteiger partial charge on any atom is -0.449 e. The molecule has 0 bridgehead atoms. The molecule has 8 heteroatoms. The van der Waals surface area contributed by atoms with Crippen molar-refractivity contribution in [1.82, 2.24) is 5.16 Å². The van der Waals surface area contributed by atoms with Crippen LogP contribution in [0.5, 0.6) is 0 Å². The Bertz CT molecular complexity index is 730. The molecule has 2 rings (SSSR count). The lowest BCUT2D eigenvalue weighted by molar-refractivity contribution is -0.124. The van der Waals surface area contributed by atoms with E-state index in [4.69, 9.17) is 32.5 Å². The minimum absolute atomic E-state index is 0.0848. The molecule has 2 aromatic rings. The summed E-state index contributed by atoms with van der Waals surface area (Å²) in [7, 11) is 0. The predicted molar refractivity (Wildman–Crippen MR) is 85.8 cm³/mol. The molecule has 122 valence electrons. The Kier molecular flexibility index (Phi) is 5.63. The number of hydrogen-bond acceptors (Lipinski definition) is 5. The monoisotopic (exact) mass is 356 g/mol. The molecule has 6 nitrogen and oxygen atoms in total. The van der Waals surface area contributed by atoms with Gasteiger partial charge in [0.2, 0.25) is 0 Å². The van der Waals surface area contributed by atoms with E-state index in [1.807, 2.05) is 0 Å². The number of aromatic nitrogens is 1. The average Bonchev–Trinajstić information content (AvgIpc) is 2.92. The van der Waals surface area contributed by atoms with Crippen molar-refractivity contribution in [2.75, 3.05) is 5.32 Å². The molecule has 1 atom stereocenters. The van der Waals surface area contributed by atoms with Crippen LogP contribution in [0.2, 0.25) is 10.0 Å². The highest BCUT2D eigenvalue weighted by Crippen LogP contribution is 2.26. The highest BCUT2D eigenvalue weighted by Gasteiger charge is 2.24. The van der Waals surface area contributed by atoms with Crippen molar-refractivity contribution in [3.8, 4) is 0 Å². The van der Waals surface area contributed by atoms with E-state index in [1.165, 1.54) is 6.07 Å². The Morgan fingerprint density at radius 1 is 1.39 bits per heavy atom. The molecule has 1 unspecified atom stereocenters. The van der Waals surface area contributed by atoms with Gasteiger partial charge in [-0.15, -0.1) is 0 Å². The second kappa shape index (κ2) is 7.48. The largest absolute Gasteiger partial charge is 0.449 e. The summed E-state index contributed by atoms with van der Waals surface area (Å²) in [5.74, 6) is -0.429. The molecule has 0 fully saturated rings. The van der Waals surface area contributed by atoms with E-state index < -0.39 is 18.0 Å². The van der Waals surface area contributed by atoms with Gasteiger partial charge in [-0.2, -0.15) is 0 Å². The molecule has 0 saturated heterocycles. The molecule has 1 aromatic heterocycles. The highest BCUT2D eigenvalue weighted by atomic mass is 35.5. The Labute approximate surface area is 142 Å². The summed E-state index contributed by atoms with van der Waals surface area (Å²) >= 11 is 11.8. The van der Waals surface area contributed by atoms with Crippen molar-refractivity contribution in [2.24, 2.45) is 0 Å². The van der Waals surface area contributed by atoms with Crippen molar-refractivity contribution in [1.29, 1.82) is 0 Å². The Balaban J connectivity index is 2.07. The van der Waals surface area contributed by atoms with Crippen LogP contribution in [-0.2, 0) is 9.53 Å². The fourth-order valence-corrected chi connectivity index (χ4v) is 2.19. The molecule has 1 heterocycles. The number of benzene rings is 1. The van der Waals surface area contributed by atoms with Gasteiger partial charge in [-0.1, -0.05) is 41.3 Å². The highest BCUT2D eigenvalue weighted by molar-refractivity contribution is 6.43. The van der Waals surface area contributed by atoms with Crippen LogP contribution >= 0.6 is 23.2 Å². The van der Waals surface area contributed by atoms with Crippen LogP contribution in [0.15, 0.2) is 28.8 Å². The zero-order chi connectivity index (χ0) is 17.0. The second-order valence-electron chi connectivity index (χ2n) is 4.72. The third-order valence-electron chi connectivity index (χ3n) is 2.96. The van der Waals surface area contributed by atoms with Crippen LogP contribution in [0, 0.1) is 6.92 Å². The van der Waals surface area contributed by atoms with Crippen molar-refractivity contribution < 1.29 is 18.8 Å². The third-order valence-corrected chi connectivity index (χ3v) is 3.78. The lowest BCUT2D eigenvalue weighted by Crippen LogP contribution is -2.32. The van der Waals surface area contributed by atoms with E-state index in [1.54, 1.807) is 32.0 Å². The molecular weight excluding hydrogens is 343 g/mol. The van der Waals surface area contributed by atoms with Gasteiger partial charge in [0.15, 0.2) is 11.9 Å². The first-order valence-electron chi connectivity index (χ1n) is 6.81. The maximum absolute atomic E-state index is 12.2. The average molecular weight is 357 g/mol. The normalized spacial score (nSPS) is 11.8. The molecule has 1 N–H and O–H groups in total. The first kappa shape index (κ1) is 17.3. The number of esters is 1. The van der Waals surface area contributed by atoms with Gasteiger partial charge >= 0.3 is 5.97 Å². The van der Waals surface area contributed by atoms with Crippen LogP contribution in [0.25, 0.3) is 0 Å². The number of halogens is 2. The number of hydrogen-bond donors (Lipinski definition) is 1. The summed E-state index contributed by atoms with van der Waals surface area (Å²) in [5.41, 5.74) is 0.0997. The van der Waals surface area contributed by atoms with Crippen LogP contribution in [0.1, 0.15) is 29.5 Å². The number of aryl methyl sites for hydroxylation is 1. The molecular formula is C15H14Cl2N2O4. The van der Waals surface area contributed by atoms with Gasteiger partial charge < -0.3 is 14.6 Å². The van der Waals surface area contributed by atoms with Crippen molar-refractivity contribution >= 4 is 40.9 Å². The maximum Gasteiger partial charge on any atom is 0.340 e. The number of ether oxygens (including phenoxy) is 1. The molecule has 0 aliphatic rings. The first-order valence-corrected chi connectivity index (χ1v) is 7.57. The summed E-state index contributed by atoms with van der Waals surface area (Å²) in [6.45, 7) is 3.41. The fourth-order valence-electron chi connectivity index (χ4n) is 1.81. The van der Waals surface area contributed by atoms with E-state index in [0.29, 0.717) is 5.76 Å². The molecule has 0 radical (unpaired) electrons. The fraction of sp³-hybridized carbons (Fsp3) is 0.267. The van der Waals surface area contributed by atoms with E-state index in [2.05, 4.69) is 10.5 Å². The molecule has 0 saturated carbocycles. The number of nitrogens with zero attached hydrogens (tertiary/aromatic N) is 1. The lowest BCUT2D eigenvalue weighted by atomic mass is 10.2. The summed E-state index contributed by atoms with van der Waals surface area (Å²) in [6, 6.07) is 6.16. The van der Waals surface area contributed by atoms with Gasteiger partial charge in [0.05, 0.1) is 15.6 Å². The van der Waals surface area contributed by atoms with Gasteiger partial charge in [0.25, 0.3) is 5.91 Å². The second-order valence-corrected chi connectivity index (χ2v) is 5.50. The predicted octanol–water partition coefficient (Wildman–Crippen LogP) is 3.86. The summed E-state index contributed by atoms with van der Waals surface area (Å²) in [6.07, 6.45) is -0.707. The van der Waals surface area contributed by atoms with Crippen LogP contribution in [0.3, 0.4) is 0 Å². The summed E-state index contributed by atoms with van der Waals surface area (Å²) < 4.78 is 10.1. The Morgan fingerprint density at radius 3 is 2.74 bits per heavy atom. The van der Waals surface area contributed by atoms with Crippen molar-refractivity contribution in [2.45, 2.75) is 26.4 Å². The molecule has 1 aromatic carbocycles. The molecule has 0 spiro atoms. The van der Waals surface area contributed by atoms with Gasteiger partial charge in [0.1, 0.15) is 5.76 Å². The quantitative estimate of drug-likeness (QED) is 0.822. The molecule has 0 aliphatic heterocycles. The van der Waals surface area contributed by atoms with E-state index in [0.717, 1.165) is 0 Å². The van der Waals surface area contributed by atoms with Gasteiger partial charge in [-0.3, -0.25) is 4.79 Å². The lowest BCUT2D eigenvalue weighted by Gasteiger charge is -2.15. The number of amides is 1. The van der Waals surface area contributed by atoms with E-state index >= 15 is 0 Å². The zero-order valence-electron chi connectivity index (χ0n) is 12.4.